The van der Waals surface area contributed by atoms with Crippen molar-refractivity contribution in [3.05, 3.63) is 71.4 Å². The number of rotatable bonds is 6. The van der Waals surface area contributed by atoms with E-state index in [1.807, 2.05) is 0 Å². The molecule has 0 saturated carbocycles. The Balaban J connectivity index is 0.000000384. The first kappa shape index (κ1) is 27.8. The van der Waals surface area contributed by atoms with E-state index >= 15 is 0 Å². The van der Waals surface area contributed by atoms with Crippen molar-refractivity contribution >= 4 is 0 Å². The van der Waals surface area contributed by atoms with E-state index in [1.165, 1.54) is 36.0 Å². The van der Waals surface area contributed by atoms with Crippen LogP contribution in [0.25, 0.3) is 0 Å². The fourth-order valence-electron chi connectivity index (χ4n) is 2.94. The van der Waals surface area contributed by atoms with Gasteiger partial charge in [0.1, 0.15) is 0 Å². The van der Waals surface area contributed by atoms with Gasteiger partial charge in [0.05, 0.1) is 0 Å². The Morgan fingerprint density at radius 1 is 0.607 bits per heavy atom. The molecule has 3 rings (SSSR count). The van der Waals surface area contributed by atoms with Crippen molar-refractivity contribution in [2.75, 3.05) is 0 Å². The molecule has 28 heavy (non-hydrogen) atoms. The number of hydrogen-bond donors (Lipinski definition) is 0. The minimum atomic E-state index is 0. The van der Waals surface area contributed by atoms with Crippen LogP contribution in [0.5, 0.6) is 0 Å². The summed E-state index contributed by atoms with van der Waals surface area (Å²) in [7, 11) is 0. The Morgan fingerprint density at radius 3 is 1.00 bits per heavy atom. The summed E-state index contributed by atoms with van der Waals surface area (Å²) in [4.78, 5) is 0. The zero-order chi connectivity index (χ0) is 20.1. The average Bonchev–Trinajstić information content (AvgIpc) is 3.48. The summed E-state index contributed by atoms with van der Waals surface area (Å²) in [5.41, 5.74) is 4.20. The molecule has 0 spiro atoms. The molecular formula is C27H39Pr. The van der Waals surface area contributed by atoms with Crippen LogP contribution in [0.1, 0.15) is 80.1 Å². The molecular weight excluding hydrogens is 465 g/mol. The maximum atomic E-state index is 3.31. The molecule has 3 unspecified atom stereocenters. The van der Waals surface area contributed by atoms with E-state index in [1.54, 1.807) is 0 Å². The predicted octanol–water partition coefficient (Wildman–Crippen LogP) is 8.17. The molecule has 3 aliphatic rings. The van der Waals surface area contributed by atoms with Gasteiger partial charge in [-0.25, -0.2) is 34.9 Å². The Labute approximate surface area is 209 Å². The van der Waals surface area contributed by atoms with Crippen LogP contribution in [-0.4, -0.2) is 0 Å². The molecule has 0 saturated heterocycles. The molecule has 0 aromatic rings. The molecule has 1 heteroatoms. The van der Waals surface area contributed by atoms with Crippen molar-refractivity contribution in [3.8, 4) is 0 Å². The van der Waals surface area contributed by atoms with E-state index in [2.05, 4.69) is 96.2 Å². The van der Waals surface area contributed by atoms with E-state index < -0.39 is 0 Å². The van der Waals surface area contributed by atoms with E-state index in [-0.39, 0.29) is 41.3 Å². The smallest absolute Gasteiger partial charge is 0.269 e. The largest absolute Gasteiger partial charge is 3.00 e. The van der Waals surface area contributed by atoms with Gasteiger partial charge in [-0.1, -0.05) is 78.6 Å². The van der Waals surface area contributed by atoms with Crippen LogP contribution >= 0.6 is 0 Å². The van der Waals surface area contributed by atoms with Gasteiger partial charge in [0.15, 0.2) is 0 Å². The summed E-state index contributed by atoms with van der Waals surface area (Å²) in [5, 5.41) is 0. The first-order chi connectivity index (χ1) is 13.0. The van der Waals surface area contributed by atoms with Crippen LogP contribution in [0, 0.1) is 77.3 Å². The molecule has 0 nitrogen and oxygen atoms in total. The molecule has 0 aromatic heterocycles. The molecule has 0 aromatic carbocycles. The first-order valence-electron chi connectivity index (χ1n) is 10.8. The minimum Gasteiger partial charge on any atom is -0.269 e. The standard InChI is InChI=1S/3C9H13.Pr/c3*1-3-8(2)9-6-4-5-7-9;/h3*4,6,8H,3,5H2,1-2H3;/q3*-1;+3. The van der Waals surface area contributed by atoms with Gasteiger partial charge in [-0.05, 0) is 0 Å². The second-order valence-electron chi connectivity index (χ2n) is 7.64. The SMILES string of the molecule is CCC(C)C1=[C-]CC=C1.CCC(C)C1=[C-]CC=C1.CCC(C)C1=[C-]CC=C1.[Pr+3]. The fourth-order valence-corrected chi connectivity index (χ4v) is 2.94. The van der Waals surface area contributed by atoms with Crippen molar-refractivity contribution in [2.45, 2.75) is 80.1 Å². The third-order valence-corrected chi connectivity index (χ3v) is 5.59. The molecule has 150 valence electrons. The van der Waals surface area contributed by atoms with E-state index in [9.17, 15) is 0 Å². The molecule has 0 heterocycles. The summed E-state index contributed by atoms with van der Waals surface area (Å²) >= 11 is 0. The van der Waals surface area contributed by atoms with Gasteiger partial charge >= 0.3 is 41.3 Å². The Kier molecular flexibility index (Phi) is 16.5. The maximum absolute atomic E-state index is 3.31. The van der Waals surface area contributed by atoms with Crippen LogP contribution in [-0.2, 0) is 0 Å². The molecule has 3 aliphatic carbocycles. The van der Waals surface area contributed by atoms with Gasteiger partial charge in [-0.2, -0.15) is 18.2 Å². The average molecular weight is 505 g/mol. The van der Waals surface area contributed by atoms with Crippen LogP contribution in [0.3, 0.4) is 0 Å². The molecule has 0 N–H and O–H groups in total. The van der Waals surface area contributed by atoms with Crippen molar-refractivity contribution in [3.63, 3.8) is 0 Å². The third-order valence-electron chi connectivity index (χ3n) is 5.59. The minimum absolute atomic E-state index is 0. The van der Waals surface area contributed by atoms with Crippen molar-refractivity contribution in [1.29, 1.82) is 0 Å². The second-order valence-corrected chi connectivity index (χ2v) is 7.64. The zero-order valence-electron chi connectivity index (χ0n) is 19.0. The second kappa shape index (κ2) is 16.6. The molecule has 0 amide bonds. The Bertz CT molecular complexity index is 512. The molecule has 3 atom stereocenters. The maximum Gasteiger partial charge on any atom is 3.00 e. The van der Waals surface area contributed by atoms with E-state index in [0.29, 0.717) is 17.8 Å². The summed E-state index contributed by atoms with van der Waals surface area (Å²) in [6.07, 6.45) is 29.8. The third kappa shape index (κ3) is 10.5. The van der Waals surface area contributed by atoms with Crippen molar-refractivity contribution < 1.29 is 41.3 Å². The Morgan fingerprint density at radius 2 is 0.857 bits per heavy atom. The van der Waals surface area contributed by atoms with Gasteiger partial charge in [0.25, 0.3) is 0 Å². The van der Waals surface area contributed by atoms with Gasteiger partial charge in [0, 0.05) is 0 Å². The monoisotopic (exact) mass is 504 g/mol. The van der Waals surface area contributed by atoms with E-state index in [4.69, 9.17) is 0 Å². The van der Waals surface area contributed by atoms with Gasteiger partial charge in [-0.15, -0.1) is 19.3 Å². The normalized spacial score (nSPS) is 19.3. The van der Waals surface area contributed by atoms with Crippen LogP contribution in [0.15, 0.2) is 53.2 Å². The number of hydrogen-bond acceptors (Lipinski definition) is 0. The summed E-state index contributed by atoms with van der Waals surface area (Å²) in [5.74, 6) is 2.14. The predicted molar refractivity (Wildman–Crippen MR) is 120 cm³/mol. The summed E-state index contributed by atoms with van der Waals surface area (Å²) in [6, 6.07) is 0. The number of allylic oxidation sites excluding steroid dienone is 12. The van der Waals surface area contributed by atoms with Gasteiger partial charge < -0.3 is 0 Å². The summed E-state index contributed by atoms with van der Waals surface area (Å²) in [6.45, 7) is 13.4. The van der Waals surface area contributed by atoms with Crippen LogP contribution in [0.4, 0.5) is 0 Å². The van der Waals surface area contributed by atoms with Crippen LogP contribution in [0.2, 0.25) is 0 Å². The quantitative estimate of drug-likeness (QED) is 0.320. The molecule has 0 radical (unpaired) electrons. The molecule has 0 aliphatic heterocycles. The van der Waals surface area contributed by atoms with Gasteiger partial charge in [0.2, 0.25) is 0 Å². The van der Waals surface area contributed by atoms with Crippen molar-refractivity contribution in [2.24, 2.45) is 17.8 Å². The molecule has 0 bridgehead atoms. The van der Waals surface area contributed by atoms with E-state index in [0.717, 1.165) is 19.3 Å². The first-order valence-corrected chi connectivity index (χ1v) is 10.8. The van der Waals surface area contributed by atoms with Gasteiger partial charge in [-0.3, -0.25) is 18.2 Å². The topological polar surface area (TPSA) is 0 Å². The Hall–Kier alpha value is -0.196. The van der Waals surface area contributed by atoms with Crippen molar-refractivity contribution in [1.82, 2.24) is 0 Å². The molecule has 0 fully saturated rings. The summed E-state index contributed by atoms with van der Waals surface area (Å²) < 4.78 is 0. The fraction of sp³-hybridized carbons (Fsp3) is 0.556. The zero-order valence-corrected chi connectivity index (χ0v) is 22.7. The van der Waals surface area contributed by atoms with Crippen LogP contribution < -0.4 is 0 Å².